The van der Waals surface area contributed by atoms with Crippen LogP contribution in [0.3, 0.4) is 0 Å². The zero-order valence-electron chi connectivity index (χ0n) is 13.2. The molecule has 1 saturated carbocycles. The van der Waals surface area contributed by atoms with Crippen molar-refractivity contribution in [3.63, 3.8) is 0 Å². The van der Waals surface area contributed by atoms with Crippen LogP contribution < -0.4 is 10.1 Å². The van der Waals surface area contributed by atoms with Gasteiger partial charge in [-0.1, -0.05) is 31.0 Å². The largest absolute Gasteiger partial charge is 0.484 e. The molecule has 1 fully saturated rings. The van der Waals surface area contributed by atoms with Gasteiger partial charge in [0.15, 0.2) is 12.4 Å². The smallest absolute Gasteiger partial charge is 0.258 e. The number of benzene rings is 1. The van der Waals surface area contributed by atoms with Gasteiger partial charge in [-0.05, 0) is 41.8 Å². The van der Waals surface area contributed by atoms with Crippen LogP contribution >= 0.6 is 0 Å². The molecule has 1 aliphatic carbocycles. The molecule has 0 atom stereocenters. The first-order valence-electron chi connectivity index (χ1n) is 7.96. The van der Waals surface area contributed by atoms with Gasteiger partial charge in [0.2, 0.25) is 0 Å². The molecule has 0 radical (unpaired) electrons. The first-order valence-corrected chi connectivity index (χ1v) is 7.96. The number of aromatic nitrogens is 4. The summed E-state index contributed by atoms with van der Waals surface area (Å²) in [5, 5.41) is 14.6. The number of ether oxygens (including phenoxy) is 1. The van der Waals surface area contributed by atoms with Gasteiger partial charge in [0, 0.05) is 0 Å². The molecule has 1 amide bonds. The number of nitrogens with zero attached hydrogens (tertiary/aromatic N) is 4. The number of nitrogens with one attached hydrogen (secondary N) is 1. The molecule has 0 spiro atoms. The van der Waals surface area contributed by atoms with Crippen molar-refractivity contribution in [3.05, 3.63) is 35.7 Å². The third-order valence-corrected chi connectivity index (χ3v) is 4.13. The van der Waals surface area contributed by atoms with Crippen LogP contribution in [-0.2, 0) is 11.3 Å². The molecule has 0 aliphatic heterocycles. The molecule has 7 nitrogen and oxygen atoms in total. The van der Waals surface area contributed by atoms with Gasteiger partial charge in [-0.25, -0.2) is 4.68 Å². The SMILES string of the molecule is Cc1ccccc1OCC(=O)NCc1nnnn1C1CCCC1. The highest BCUT2D eigenvalue weighted by Crippen LogP contribution is 2.28. The van der Waals surface area contributed by atoms with Gasteiger partial charge in [0.05, 0.1) is 12.6 Å². The fourth-order valence-corrected chi connectivity index (χ4v) is 2.85. The molecule has 3 rings (SSSR count). The standard InChI is InChI=1S/C16H21N5O2/c1-12-6-2-5-9-14(12)23-11-16(22)17-10-15-18-19-20-21(15)13-7-3-4-8-13/h2,5-6,9,13H,3-4,7-8,10-11H2,1H3,(H,17,22). The van der Waals surface area contributed by atoms with Gasteiger partial charge in [0.1, 0.15) is 5.75 Å². The normalized spacial score (nSPS) is 14.8. The summed E-state index contributed by atoms with van der Waals surface area (Å²) in [4.78, 5) is 11.9. The Morgan fingerprint density at radius 1 is 1.35 bits per heavy atom. The highest BCUT2D eigenvalue weighted by molar-refractivity contribution is 5.77. The van der Waals surface area contributed by atoms with Crippen molar-refractivity contribution in [2.24, 2.45) is 0 Å². The summed E-state index contributed by atoms with van der Waals surface area (Å²) in [6.07, 6.45) is 4.62. The summed E-state index contributed by atoms with van der Waals surface area (Å²) in [5.74, 6) is 1.23. The van der Waals surface area contributed by atoms with Crippen LogP contribution in [0, 0.1) is 6.92 Å². The number of amides is 1. The second kappa shape index (κ2) is 7.21. The lowest BCUT2D eigenvalue weighted by Gasteiger charge is -2.12. The summed E-state index contributed by atoms with van der Waals surface area (Å²) >= 11 is 0. The molecule has 2 aromatic rings. The number of tetrazole rings is 1. The maximum absolute atomic E-state index is 11.9. The molecule has 7 heteroatoms. The van der Waals surface area contributed by atoms with Crippen molar-refractivity contribution >= 4 is 5.91 Å². The number of para-hydroxylation sites is 1. The van der Waals surface area contributed by atoms with Crippen molar-refractivity contribution in [2.75, 3.05) is 6.61 Å². The van der Waals surface area contributed by atoms with Crippen LogP contribution in [0.2, 0.25) is 0 Å². The average Bonchev–Trinajstić information content (AvgIpc) is 3.22. The molecule has 0 bridgehead atoms. The Bertz CT molecular complexity index is 664. The van der Waals surface area contributed by atoms with E-state index in [1.165, 1.54) is 12.8 Å². The van der Waals surface area contributed by atoms with Crippen molar-refractivity contribution in [2.45, 2.75) is 45.2 Å². The molecule has 1 heterocycles. The second-order valence-corrected chi connectivity index (χ2v) is 5.81. The Kier molecular flexibility index (Phi) is 4.85. The topological polar surface area (TPSA) is 81.9 Å². The summed E-state index contributed by atoms with van der Waals surface area (Å²) in [6, 6.07) is 7.98. The lowest BCUT2D eigenvalue weighted by atomic mass is 10.2. The van der Waals surface area contributed by atoms with E-state index in [1.54, 1.807) is 0 Å². The Hall–Kier alpha value is -2.44. The van der Waals surface area contributed by atoms with E-state index >= 15 is 0 Å². The molecular formula is C16H21N5O2. The lowest BCUT2D eigenvalue weighted by molar-refractivity contribution is -0.123. The van der Waals surface area contributed by atoms with E-state index in [0.29, 0.717) is 18.4 Å². The molecule has 1 aromatic carbocycles. The predicted molar refractivity (Wildman–Crippen MR) is 83.8 cm³/mol. The highest BCUT2D eigenvalue weighted by atomic mass is 16.5. The van der Waals surface area contributed by atoms with Crippen molar-refractivity contribution < 1.29 is 9.53 Å². The summed E-state index contributed by atoms with van der Waals surface area (Å²) in [7, 11) is 0. The van der Waals surface area contributed by atoms with Crippen molar-refractivity contribution in [1.29, 1.82) is 0 Å². The molecule has 0 saturated heterocycles. The Labute approximate surface area is 135 Å². The zero-order valence-corrected chi connectivity index (χ0v) is 13.2. The van der Waals surface area contributed by atoms with Crippen LogP contribution in [0.1, 0.15) is 43.1 Å². The van der Waals surface area contributed by atoms with Gasteiger partial charge in [-0.15, -0.1) is 5.10 Å². The third-order valence-electron chi connectivity index (χ3n) is 4.13. The zero-order chi connectivity index (χ0) is 16.1. The van der Waals surface area contributed by atoms with Gasteiger partial charge in [-0.3, -0.25) is 4.79 Å². The maximum Gasteiger partial charge on any atom is 0.258 e. The van der Waals surface area contributed by atoms with Crippen LogP contribution in [-0.4, -0.2) is 32.7 Å². The van der Waals surface area contributed by atoms with E-state index in [4.69, 9.17) is 4.74 Å². The third kappa shape index (κ3) is 3.85. The Morgan fingerprint density at radius 2 is 2.13 bits per heavy atom. The van der Waals surface area contributed by atoms with Gasteiger partial charge >= 0.3 is 0 Å². The van der Waals surface area contributed by atoms with E-state index in [-0.39, 0.29) is 12.5 Å². The Balaban J connectivity index is 1.50. The molecule has 122 valence electrons. The number of hydrogen-bond donors (Lipinski definition) is 1. The molecule has 1 aromatic heterocycles. The number of carbonyl (C=O) groups excluding carboxylic acids is 1. The van der Waals surface area contributed by atoms with Gasteiger partial charge < -0.3 is 10.1 Å². The predicted octanol–water partition coefficient (Wildman–Crippen LogP) is 1.79. The molecule has 1 N–H and O–H groups in total. The van der Waals surface area contributed by atoms with E-state index in [1.807, 2.05) is 35.9 Å². The van der Waals surface area contributed by atoms with Gasteiger partial charge in [-0.2, -0.15) is 0 Å². The summed E-state index contributed by atoms with van der Waals surface area (Å²) < 4.78 is 7.37. The fourth-order valence-electron chi connectivity index (χ4n) is 2.85. The van der Waals surface area contributed by atoms with E-state index in [0.717, 1.165) is 24.2 Å². The number of carbonyl (C=O) groups is 1. The van der Waals surface area contributed by atoms with Crippen LogP contribution in [0.25, 0.3) is 0 Å². The van der Waals surface area contributed by atoms with Crippen LogP contribution in [0.4, 0.5) is 0 Å². The first kappa shape index (κ1) is 15.5. The summed E-state index contributed by atoms with van der Waals surface area (Å²) in [6.45, 7) is 2.25. The molecule has 0 unspecified atom stereocenters. The quantitative estimate of drug-likeness (QED) is 0.879. The van der Waals surface area contributed by atoms with Crippen LogP contribution in [0.15, 0.2) is 24.3 Å². The van der Waals surface area contributed by atoms with Crippen molar-refractivity contribution in [3.8, 4) is 5.75 Å². The van der Waals surface area contributed by atoms with E-state index in [2.05, 4.69) is 20.8 Å². The monoisotopic (exact) mass is 315 g/mol. The van der Waals surface area contributed by atoms with Gasteiger partial charge in [0.25, 0.3) is 5.91 Å². The molecule has 23 heavy (non-hydrogen) atoms. The number of rotatable bonds is 6. The number of hydrogen-bond acceptors (Lipinski definition) is 5. The minimum Gasteiger partial charge on any atom is -0.484 e. The highest BCUT2D eigenvalue weighted by Gasteiger charge is 2.21. The summed E-state index contributed by atoms with van der Waals surface area (Å²) in [5.41, 5.74) is 1.01. The Morgan fingerprint density at radius 3 is 2.91 bits per heavy atom. The van der Waals surface area contributed by atoms with Crippen molar-refractivity contribution in [1.82, 2.24) is 25.5 Å². The number of aryl methyl sites for hydroxylation is 1. The fraction of sp³-hybridized carbons (Fsp3) is 0.500. The minimum absolute atomic E-state index is 0.0180. The maximum atomic E-state index is 11.9. The first-order chi connectivity index (χ1) is 11.2. The van der Waals surface area contributed by atoms with Crippen LogP contribution in [0.5, 0.6) is 5.75 Å². The van der Waals surface area contributed by atoms with E-state index < -0.39 is 0 Å². The lowest BCUT2D eigenvalue weighted by Crippen LogP contribution is -2.30. The second-order valence-electron chi connectivity index (χ2n) is 5.81. The average molecular weight is 315 g/mol. The molecular weight excluding hydrogens is 294 g/mol. The van der Waals surface area contributed by atoms with E-state index in [9.17, 15) is 4.79 Å². The molecule has 1 aliphatic rings. The minimum atomic E-state index is -0.186.